The monoisotopic (exact) mass is 347 g/mol. The Balaban J connectivity index is 1.89. The summed E-state index contributed by atoms with van der Waals surface area (Å²) in [5, 5.41) is 2.80. The maximum atomic E-state index is 14.3. The first kappa shape index (κ1) is 16.4. The van der Waals surface area contributed by atoms with Crippen LogP contribution in [-0.4, -0.2) is 18.5 Å². The highest BCUT2D eigenvalue weighted by molar-refractivity contribution is 7.14. The lowest BCUT2D eigenvalue weighted by Gasteiger charge is -2.30. The van der Waals surface area contributed by atoms with Crippen LogP contribution in [0.4, 0.5) is 10.1 Å². The van der Waals surface area contributed by atoms with Crippen LogP contribution in [0, 0.1) is 12.7 Å². The molecule has 24 heavy (non-hydrogen) atoms. The first-order chi connectivity index (χ1) is 11.4. The predicted molar refractivity (Wildman–Crippen MR) is 93.0 cm³/mol. The Morgan fingerprint density at radius 1 is 1.42 bits per heavy atom. The van der Waals surface area contributed by atoms with Crippen molar-refractivity contribution >= 4 is 29.0 Å². The molecule has 0 unspecified atom stereocenters. The van der Waals surface area contributed by atoms with E-state index in [4.69, 9.17) is 10.5 Å². The molecule has 0 fully saturated rings. The van der Waals surface area contributed by atoms with E-state index in [9.17, 15) is 9.18 Å². The number of nitrogens with zero attached hydrogens (tertiary/aromatic N) is 1. The van der Waals surface area contributed by atoms with Crippen molar-refractivity contribution in [3.05, 3.63) is 51.5 Å². The van der Waals surface area contributed by atoms with Crippen molar-refractivity contribution in [1.82, 2.24) is 0 Å². The summed E-state index contributed by atoms with van der Waals surface area (Å²) < 4.78 is 19.5. The summed E-state index contributed by atoms with van der Waals surface area (Å²) in [6.07, 6.45) is 0.506. The number of thiophene rings is 1. The van der Waals surface area contributed by atoms with Gasteiger partial charge in [-0.05, 0) is 44.2 Å². The van der Waals surface area contributed by atoms with Gasteiger partial charge in [0.25, 0.3) is 11.9 Å². The fourth-order valence-corrected chi connectivity index (χ4v) is 3.41. The molecule has 1 atom stereocenters. The topological polar surface area (TPSA) is 76.7 Å². The molecule has 3 N–H and O–H groups in total. The number of nitrogens with two attached hydrogens (primary N) is 1. The maximum Gasteiger partial charge on any atom is 0.282 e. The van der Waals surface area contributed by atoms with Gasteiger partial charge >= 0.3 is 0 Å². The van der Waals surface area contributed by atoms with Gasteiger partial charge in [0.1, 0.15) is 5.82 Å². The molecule has 0 radical (unpaired) electrons. The zero-order valence-electron chi connectivity index (χ0n) is 13.4. The second-order valence-corrected chi connectivity index (χ2v) is 7.17. The average molecular weight is 347 g/mol. The zero-order chi connectivity index (χ0) is 17.3. The molecule has 0 saturated carbocycles. The minimum Gasteiger partial charge on any atom is -0.465 e. The number of hydrogen-bond donors (Lipinski definition) is 2. The van der Waals surface area contributed by atoms with Gasteiger partial charge in [-0.1, -0.05) is 0 Å². The first-order valence-corrected chi connectivity index (χ1v) is 8.35. The van der Waals surface area contributed by atoms with Crippen LogP contribution < -0.4 is 11.1 Å². The molecule has 7 heteroatoms. The Hall–Kier alpha value is -2.41. The lowest BCUT2D eigenvalue weighted by Crippen LogP contribution is -2.34. The molecule has 126 valence electrons. The van der Waals surface area contributed by atoms with Crippen LogP contribution in [0.2, 0.25) is 0 Å². The number of halogens is 1. The van der Waals surface area contributed by atoms with E-state index in [1.54, 1.807) is 19.1 Å². The third-order valence-electron chi connectivity index (χ3n) is 3.96. The SMILES string of the molecule is Cc1ccc(C(=O)Nc2ccc(F)c([C@]3(C)CCOC(N)=N3)c2)s1. The fraction of sp³-hybridized carbons (Fsp3) is 0.294. The van der Waals surface area contributed by atoms with Crippen LogP contribution in [0.15, 0.2) is 35.3 Å². The molecule has 3 rings (SSSR count). The quantitative estimate of drug-likeness (QED) is 0.893. The van der Waals surface area contributed by atoms with Gasteiger partial charge in [0, 0.05) is 22.5 Å². The molecule has 1 aromatic carbocycles. The van der Waals surface area contributed by atoms with Crippen molar-refractivity contribution in [2.75, 3.05) is 11.9 Å². The summed E-state index contributed by atoms with van der Waals surface area (Å²) in [6, 6.07) is 8.17. The summed E-state index contributed by atoms with van der Waals surface area (Å²) in [6.45, 7) is 4.11. The van der Waals surface area contributed by atoms with Gasteiger partial charge in [0.05, 0.1) is 17.0 Å². The van der Waals surface area contributed by atoms with E-state index in [1.165, 1.54) is 23.5 Å². The van der Waals surface area contributed by atoms with E-state index in [0.717, 1.165) is 4.88 Å². The molecule has 0 spiro atoms. The van der Waals surface area contributed by atoms with E-state index < -0.39 is 5.54 Å². The number of benzene rings is 1. The van der Waals surface area contributed by atoms with E-state index in [-0.39, 0.29) is 17.7 Å². The van der Waals surface area contributed by atoms with Crippen LogP contribution in [-0.2, 0) is 10.3 Å². The number of carbonyl (C=O) groups excluding carboxylic acids is 1. The van der Waals surface area contributed by atoms with Gasteiger partial charge < -0.3 is 15.8 Å². The Morgan fingerprint density at radius 2 is 2.21 bits per heavy atom. The summed E-state index contributed by atoms with van der Waals surface area (Å²) in [5.74, 6) is -0.605. The number of anilines is 1. The van der Waals surface area contributed by atoms with Crippen LogP contribution in [0.25, 0.3) is 0 Å². The molecular formula is C17H18FN3O2S. The highest BCUT2D eigenvalue weighted by Gasteiger charge is 2.33. The lowest BCUT2D eigenvalue weighted by atomic mass is 9.88. The molecular weight excluding hydrogens is 329 g/mol. The van der Waals surface area contributed by atoms with Gasteiger partial charge in [-0.15, -0.1) is 11.3 Å². The zero-order valence-corrected chi connectivity index (χ0v) is 14.2. The standard InChI is InChI=1S/C17H18FN3O2S/c1-10-3-6-14(24-10)15(22)20-11-4-5-13(18)12(9-11)17(2)7-8-23-16(19)21-17/h3-6,9H,7-8H2,1-2H3,(H2,19,21)(H,20,22)/t17-/m0/s1. The van der Waals surface area contributed by atoms with Gasteiger partial charge in [0.15, 0.2) is 0 Å². The van der Waals surface area contributed by atoms with E-state index in [0.29, 0.717) is 29.2 Å². The molecule has 2 heterocycles. The third kappa shape index (κ3) is 3.26. The van der Waals surface area contributed by atoms with Crippen LogP contribution >= 0.6 is 11.3 Å². The normalized spacial score (nSPS) is 20.2. The summed E-state index contributed by atoms with van der Waals surface area (Å²) in [5.41, 5.74) is 5.72. The second kappa shape index (κ2) is 6.24. The van der Waals surface area contributed by atoms with Crippen molar-refractivity contribution < 1.29 is 13.9 Å². The molecule has 0 saturated heterocycles. The average Bonchev–Trinajstić information content (AvgIpc) is 2.95. The minimum absolute atomic E-state index is 0.0478. The summed E-state index contributed by atoms with van der Waals surface area (Å²) >= 11 is 1.41. The number of amidine groups is 1. The molecule has 0 bridgehead atoms. The van der Waals surface area contributed by atoms with Crippen molar-refractivity contribution in [3.8, 4) is 0 Å². The number of amides is 1. The van der Waals surface area contributed by atoms with Crippen LogP contribution in [0.5, 0.6) is 0 Å². The Bertz CT molecular complexity index is 818. The lowest BCUT2D eigenvalue weighted by molar-refractivity contribution is 0.103. The molecule has 1 aliphatic heterocycles. The van der Waals surface area contributed by atoms with Gasteiger partial charge in [-0.2, -0.15) is 0 Å². The van der Waals surface area contributed by atoms with Crippen molar-refractivity contribution in [3.63, 3.8) is 0 Å². The number of nitrogens with one attached hydrogen (secondary N) is 1. The number of hydrogen-bond acceptors (Lipinski definition) is 5. The number of aliphatic imine (C=N–C) groups is 1. The number of ether oxygens (including phenoxy) is 1. The van der Waals surface area contributed by atoms with E-state index in [1.807, 2.05) is 13.0 Å². The van der Waals surface area contributed by atoms with Crippen molar-refractivity contribution in [1.29, 1.82) is 0 Å². The summed E-state index contributed by atoms with van der Waals surface area (Å²) in [7, 11) is 0. The molecule has 1 amide bonds. The molecule has 2 aromatic rings. The molecule has 0 aliphatic carbocycles. The van der Waals surface area contributed by atoms with Gasteiger partial charge in [0.2, 0.25) is 0 Å². The first-order valence-electron chi connectivity index (χ1n) is 7.53. The Labute approximate surface area is 143 Å². The highest BCUT2D eigenvalue weighted by atomic mass is 32.1. The fourth-order valence-electron chi connectivity index (χ4n) is 2.65. The maximum absolute atomic E-state index is 14.3. The minimum atomic E-state index is -0.813. The molecule has 1 aromatic heterocycles. The molecule has 5 nitrogen and oxygen atoms in total. The smallest absolute Gasteiger partial charge is 0.282 e. The number of aryl methyl sites for hydroxylation is 1. The highest BCUT2D eigenvalue weighted by Crippen LogP contribution is 2.35. The second-order valence-electron chi connectivity index (χ2n) is 5.88. The number of carbonyl (C=O) groups is 1. The third-order valence-corrected chi connectivity index (χ3v) is 4.96. The van der Waals surface area contributed by atoms with Crippen LogP contribution in [0.3, 0.4) is 0 Å². The Kier molecular flexibility index (Phi) is 4.28. The van der Waals surface area contributed by atoms with Gasteiger partial charge in [-0.3, -0.25) is 4.79 Å². The van der Waals surface area contributed by atoms with Gasteiger partial charge in [-0.25, -0.2) is 9.38 Å². The van der Waals surface area contributed by atoms with Crippen LogP contribution in [0.1, 0.15) is 33.5 Å². The number of rotatable bonds is 3. The predicted octanol–water partition coefficient (Wildman–Crippen LogP) is 3.40. The largest absolute Gasteiger partial charge is 0.465 e. The van der Waals surface area contributed by atoms with Crippen molar-refractivity contribution in [2.24, 2.45) is 10.7 Å². The van der Waals surface area contributed by atoms with E-state index >= 15 is 0 Å². The summed E-state index contributed by atoms with van der Waals surface area (Å²) in [4.78, 5) is 18.2. The Morgan fingerprint density at radius 3 is 2.88 bits per heavy atom. The molecule has 1 aliphatic rings. The van der Waals surface area contributed by atoms with Crippen molar-refractivity contribution in [2.45, 2.75) is 25.8 Å². The van der Waals surface area contributed by atoms with E-state index in [2.05, 4.69) is 10.3 Å².